The Balaban J connectivity index is 1.32. The zero-order valence-electron chi connectivity index (χ0n) is 21.2. The number of nitrogens with one attached hydrogen (secondary N) is 2. The van der Waals surface area contributed by atoms with Crippen LogP contribution in [-0.2, 0) is 11.2 Å². The second kappa shape index (κ2) is 12.1. The molecule has 0 bridgehead atoms. The number of aromatic nitrogens is 2. The number of carbonyl (C=O) groups excluding carboxylic acids is 2. The Bertz CT molecular complexity index is 1550. The maximum Gasteiger partial charge on any atom is 0.251 e. The van der Waals surface area contributed by atoms with E-state index in [0.29, 0.717) is 27.9 Å². The first-order valence-corrected chi connectivity index (χ1v) is 13.2. The first-order chi connectivity index (χ1) is 19.1. The van der Waals surface area contributed by atoms with Crippen LogP contribution in [0.4, 0.5) is 5.13 Å². The van der Waals surface area contributed by atoms with E-state index in [1.54, 1.807) is 19.2 Å². The lowest BCUT2D eigenvalue weighted by Gasteiger charge is -2.18. The van der Waals surface area contributed by atoms with Gasteiger partial charge in [-0.1, -0.05) is 96.3 Å². The van der Waals surface area contributed by atoms with Gasteiger partial charge in [0.15, 0.2) is 0 Å². The van der Waals surface area contributed by atoms with Crippen molar-refractivity contribution < 1.29 is 14.3 Å². The minimum Gasteiger partial charge on any atom is -0.497 e. The van der Waals surface area contributed by atoms with Gasteiger partial charge in [-0.2, -0.15) is 0 Å². The van der Waals surface area contributed by atoms with Gasteiger partial charge in [-0.05, 0) is 41.0 Å². The van der Waals surface area contributed by atoms with Crippen LogP contribution in [0.5, 0.6) is 5.75 Å². The molecule has 8 heteroatoms. The monoisotopic (exact) mass is 534 g/mol. The molecule has 4 aromatic carbocycles. The third-order valence-electron chi connectivity index (χ3n) is 6.13. The molecule has 0 aliphatic carbocycles. The molecule has 0 spiro atoms. The number of anilines is 1. The molecule has 0 fully saturated rings. The van der Waals surface area contributed by atoms with Crippen LogP contribution in [0.15, 0.2) is 109 Å². The molecule has 0 saturated carbocycles. The SMILES string of the molecule is COc1cccc(-c2nnc(NC(=O)C(Cc3ccccc3)NC(=O)c3ccc(-c4ccccc4)cc3)s2)c1. The summed E-state index contributed by atoms with van der Waals surface area (Å²) in [5, 5.41) is 15.1. The molecule has 1 unspecified atom stereocenters. The lowest BCUT2D eigenvalue weighted by molar-refractivity contribution is -0.118. The molecule has 2 N–H and O–H groups in total. The van der Waals surface area contributed by atoms with E-state index in [-0.39, 0.29) is 11.8 Å². The topological polar surface area (TPSA) is 93.2 Å². The van der Waals surface area contributed by atoms with Gasteiger partial charge in [0.2, 0.25) is 11.0 Å². The molecule has 1 atom stereocenters. The number of benzene rings is 4. The Morgan fingerprint density at radius 1 is 0.795 bits per heavy atom. The van der Waals surface area contributed by atoms with Crippen LogP contribution in [0, 0.1) is 0 Å². The van der Waals surface area contributed by atoms with Crippen LogP contribution in [-0.4, -0.2) is 35.2 Å². The summed E-state index contributed by atoms with van der Waals surface area (Å²) in [6.07, 6.45) is 0.321. The van der Waals surface area contributed by atoms with Crippen LogP contribution in [0.25, 0.3) is 21.7 Å². The molecular weight excluding hydrogens is 508 g/mol. The van der Waals surface area contributed by atoms with Crippen LogP contribution < -0.4 is 15.4 Å². The van der Waals surface area contributed by atoms with Crippen molar-refractivity contribution in [2.75, 3.05) is 12.4 Å². The Hall–Kier alpha value is -4.82. The van der Waals surface area contributed by atoms with Crippen LogP contribution in [0.1, 0.15) is 15.9 Å². The first-order valence-electron chi connectivity index (χ1n) is 12.4. The van der Waals surface area contributed by atoms with E-state index in [9.17, 15) is 9.59 Å². The van der Waals surface area contributed by atoms with Crippen LogP contribution >= 0.6 is 11.3 Å². The van der Waals surface area contributed by atoms with Crippen molar-refractivity contribution in [3.05, 3.63) is 120 Å². The minimum absolute atomic E-state index is 0.321. The maximum atomic E-state index is 13.4. The Morgan fingerprint density at radius 2 is 1.46 bits per heavy atom. The summed E-state index contributed by atoms with van der Waals surface area (Å²) in [4.78, 5) is 26.5. The van der Waals surface area contributed by atoms with E-state index < -0.39 is 6.04 Å². The second-order valence-electron chi connectivity index (χ2n) is 8.79. The van der Waals surface area contributed by atoms with Gasteiger partial charge in [0.05, 0.1) is 7.11 Å². The van der Waals surface area contributed by atoms with Crippen molar-refractivity contribution in [3.63, 3.8) is 0 Å². The highest BCUT2D eigenvalue weighted by molar-refractivity contribution is 7.18. The molecule has 7 nitrogen and oxygen atoms in total. The number of rotatable bonds is 9. The van der Waals surface area contributed by atoms with Gasteiger partial charge >= 0.3 is 0 Å². The van der Waals surface area contributed by atoms with Gasteiger partial charge in [-0.3, -0.25) is 14.9 Å². The molecule has 39 heavy (non-hydrogen) atoms. The van der Waals surface area contributed by atoms with E-state index in [0.717, 1.165) is 22.3 Å². The number of methoxy groups -OCH3 is 1. The average molecular weight is 535 g/mol. The molecule has 5 aromatic rings. The highest BCUT2D eigenvalue weighted by Crippen LogP contribution is 2.29. The standard InChI is InChI=1S/C31H26N4O3S/c1-38-26-14-8-13-25(20-26)30-34-35-31(39-30)33-29(37)27(19-21-9-4-2-5-10-21)32-28(36)24-17-15-23(16-18-24)22-11-6-3-7-12-22/h2-18,20,27H,19H2,1H3,(H,32,36)(H,33,35,37). The van der Waals surface area contributed by atoms with Gasteiger partial charge in [-0.15, -0.1) is 10.2 Å². The van der Waals surface area contributed by atoms with Gasteiger partial charge in [0.25, 0.3) is 5.91 Å². The van der Waals surface area contributed by atoms with E-state index in [1.807, 2.05) is 97.1 Å². The molecule has 194 valence electrons. The Kier molecular flexibility index (Phi) is 8.04. The quantitative estimate of drug-likeness (QED) is 0.247. The lowest BCUT2D eigenvalue weighted by atomic mass is 10.0. The van der Waals surface area contributed by atoms with Crippen molar-refractivity contribution in [3.8, 4) is 27.4 Å². The molecule has 5 rings (SSSR count). The summed E-state index contributed by atoms with van der Waals surface area (Å²) < 4.78 is 5.28. The largest absolute Gasteiger partial charge is 0.497 e. The normalized spacial score (nSPS) is 11.4. The Morgan fingerprint density at radius 3 is 2.18 bits per heavy atom. The molecule has 0 aliphatic rings. The number of hydrogen-bond donors (Lipinski definition) is 2. The molecule has 1 heterocycles. The molecule has 1 aromatic heterocycles. The van der Waals surface area contributed by atoms with Gasteiger partial charge in [0.1, 0.15) is 16.8 Å². The summed E-state index contributed by atoms with van der Waals surface area (Å²) in [7, 11) is 1.60. The number of amides is 2. The molecule has 0 saturated heterocycles. The fourth-order valence-electron chi connectivity index (χ4n) is 4.08. The number of carbonyl (C=O) groups is 2. The molecule has 0 radical (unpaired) electrons. The van der Waals surface area contributed by atoms with Gasteiger partial charge in [0, 0.05) is 17.5 Å². The molecule has 2 amide bonds. The smallest absolute Gasteiger partial charge is 0.251 e. The van der Waals surface area contributed by atoms with Crippen molar-refractivity contribution in [2.24, 2.45) is 0 Å². The molecule has 0 aliphatic heterocycles. The van der Waals surface area contributed by atoms with Gasteiger partial charge in [-0.25, -0.2) is 0 Å². The minimum atomic E-state index is -0.821. The second-order valence-corrected chi connectivity index (χ2v) is 9.77. The average Bonchev–Trinajstić information content (AvgIpc) is 3.46. The predicted octanol–water partition coefficient (Wildman–Crippen LogP) is 5.86. The van der Waals surface area contributed by atoms with Crippen molar-refractivity contribution in [1.82, 2.24) is 15.5 Å². The maximum absolute atomic E-state index is 13.4. The summed E-state index contributed by atoms with van der Waals surface area (Å²) >= 11 is 1.25. The van der Waals surface area contributed by atoms with Crippen LogP contribution in [0.3, 0.4) is 0 Å². The summed E-state index contributed by atoms with van der Waals surface area (Å²) in [6, 6.07) is 33.5. The third kappa shape index (κ3) is 6.55. The first kappa shape index (κ1) is 25.8. The summed E-state index contributed by atoms with van der Waals surface area (Å²) in [5.41, 5.74) is 4.30. The lowest BCUT2D eigenvalue weighted by Crippen LogP contribution is -2.45. The van der Waals surface area contributed by atoms with Crippen molar-refractivity contribution >= 4 is 28.3 Å². The third-order valence-corrected chi connectivity index (χ3v) is 7.02. The van der Waals surface area contributed by atoms with E-state index in [4.69, 9.17) is 4.74 Å². The van der Waals surface area contributed by atoms with E-state index >= 15 is 0 Å². The Labute approximate surface area is 230 Å². The van der Waals surface area contributed by atoms with Crippen molar-refractivity contribution in [1.29, 1.82) is 0 Å². The summed E-state index contributed by atoms with van der Waals surface area (Å²) in [6.45, 7) is 0. The number of nitrogens with zero attached hydrogens (tertiary/aromatic N) is 2. The van der Waals surface area contributed by atoms with E-state index in [1.165, 1.54) is 11.3 Å². The fraction of sp³-hybridized carbons (Fsp3) is 0.0968. The van der Waals surface area contributed by atoms with Gasteiger partial charge < -0.3 is 10.1 Å². The number of ether oxygens (including phenoxy) is 1. The highest BCUT2D eigenvalue weighted by Gasteiger charge is 2.23. The van der Waals surface area contributed by atoms with Crippen LogP contribution in [0.2, 0.25) is 0 Å². The zero-order valence-corrected chi connectivity index (χ0v) is 22.0. The fourth-order valence-corrected chi connectivity index (χ4v) is 4.83. The van der Waals surface area contributed by atoms with E-state index in [2.05, 4.69) is 20.8 Å². The molecular formula is C31H26N4O3S. The summed E-state index contributed by atoms with van der Waals surface area (Å²) in [5.74, 6) is -0.00259. The zero-order chi connectivity index (χ0) is 27.0. The highest BCUT2D eigenvalue weighted by atomic mass is 32.1. The van der Waals surface area contributed by atoms with Crippen molar-refractivity contribution in [2.45, 2.75) is 12.5 Å². The number of hydrogen-bond acceptors (Lipinski definition) is 6. The predicted molar refractivity (Wildman–Crippen MR) is 154 cm³/mol.